The molecule has 1 aromatic carbocycles. The number of rotatable bonds is 6. The van der Waals surface area contributed by atoms with E-state index >= 15 is 0 Å². The van der Waals surface area contributed by atoms with E-state index in [1.807, 2.05) is 0 Å². The van der Waals surface area contributed by atoms with E-state index in [0.717, 1.165) is 44.1 Å². The van der Waals surface area contributed by atoms with Gasteiger partial charge in [0.05, 0.1) is 5.69 Å². The van der Waals surface area contributed by atoms with Crippen LogP contribution in [0.1, 0.15) is 25.8 Å². The zero-order valence-corrected chi connectivity index (χ0v) is 11.5. The monoisotopic (exact) mass is 248 g/mol. The Kier molecular flexibility index (Phi) is 4.88. The second-order valence-corrected chi connectivity index (χ2v) is 4.74. The van der Waals surface area contributed by atoms with Gasteiger partial charge in [0.25, 0.3) is 0 Å². The average Bonchev–Trinajstić information content (AvgIpc) is 2.43. The molecule has 0 aliphatic carbocycles. The second kappa shape index (κ2) is 6.64. The molecule has 0 spiro atoms. The lowest BCUT2D eigenvalue weighted by molar-refractivity contribution is 0.300. The molecule has 3 nitrogen and oxygen atoms in total. The third-order valence-corrected chi connectivity index (χ3v) is 3.55. The lowest BCUT2D eigenvalue weighted by Crippen LogP contribution is -2.24. The summed E-state index contributed by atoms with van der Waals surface area (Å²) in [5, 5.41) is 3.39. The van der Waals surface area contributed by atoms with Crippen LogP contribution in [0, 0.1) is 0 Å². The van der Waals surface area contributed by atoms with Crippen LogP contribution in [-0.2, 0) is 6.42 Å². The minimum Gasteiger partial charge on any atom is -0.490 e. The minimum absolute atomic E-state index is 0.772. The van der Waals surface area contributed by atoms with Crippen LogP contribution < -0.4 is 10.1 Å². The highest BCUT2D eigenvalue weighted by atomic mass is 16.5. The van der Waals surface area contributed by atoms with Gasteiger partial charge in [0.2, 0.25) is 0 Å². The summed E-state index contributed by atoms with van der Waals surface area (Å²) < 4.78 is 5.59. The van der Waals surface area contributed by atoms with Gasteiger partial charge in [0.1, 0.15) is 12.4 Å². The van der Waals surface area contributed by atoms with E-state index in [2.05, 4.69) is 42.3 Å². The fraction of sp³-hybridized carbons (Fsp3) is 0.600. The van der Waals surface area contributed by atoms with Gasteiger partial charge in [-0.25, -0.2) is 0 Å². The quantitative estimate of drug-likeness (QED) is 0.838. The van der Waals surface area contributed by atoms with E-state index in [1.165, 1.54) is 18.5 Å². The molecule has 0 saturated heterocycles. The third kappa shape index (κ3) is 3.39. The van der Waals surface area contributed by atoms with E-state index in [4.69, 9.17) is 4.74 Å². The normalized spacial score (nSPS) is 13.9. The molecule has 0 unspecified atom stereocenters. The molecule has 0 atom stereocenters. The van der Waals surface area contributed by atoms with E-state index < -0.39 is 0 Å². The number of hydrogen-bond acceptors (Lipinski definition) is 3. The highest BCUT2D eigenvalue weighted by Crippen LogP contribution is 2.28. The molecule has 3 heteroatoms. The van der Waals surface area contributed by atoms with Crippen molar-refractivity contribution in [2.75, 3.05) is 38.1 Å². The van der Waals surface area contributed by atoms with Crippen molar-refractivity contribution in [2.45, 2.75) is 26.7 Å². The highest BCUT2D eigenvalue weighted by Gasteiger charge is 2.09. The topological polar surface area (TPSA) is 24.5 Å². The maximum atomic E-state index is 5.59. The lowest BCUT2D eigenvalue weighted by atomic mass is 10.1. The molecule has 0 radical (unpaired) electrons. The zero-order valence-electron chi connectivity index (χ0n) is 11.5. The number of nitrogens with zero attached hydrogens (tertiary/aromatic N) is 1. The first-order valence-corrected chi connectivity index (χ1v) is 7.05. The molecule has 1 aliphatic heterocycles. The van der Waals surface area contributed by atoms with Gasteiger partial charge in [-0.2, -0.15) is 0 Å². The van der Waals surface area contributed by atoms with E-state index in [0.29, 0.717) is 0 Å². The van der Waals surface area contributed by atoms with Gasteiger partial charge in [-0.3, -0.25) is 0 Å². The average molecular weight is 248 g/mol. The van der Waals surface area contributed by atoms with E-state index in [-0.39, 0.29) is 0 Å². The number of anilines is 1. The van der Waals surface area contributed by atoms with Gasteiger partial charge in [0, 0.05) is 6.54 Å². The summed E-state index contributed by atoms with van der Waals surface area (Å²) in [7, 11) is 0. The standard InChI is InChI=1S/C15H24N2O/c1-3-17(4-2)10-5-6-13-7-8-15-14(12-13)16-9-11-18-15/h7-8,12,16H,3-6,9-11H2,1-2H3. The van der Waals surface area contributed by atoms with Crippen LogP contribution in [0.4, 0.5) is 5.69 Å². The third-order valence-electron chi connectivity index (χ3n) is 3.55. The first-order chi connectivity index (χ1) is 8.83. The van der Waals surface area contributed by atoms with Crippen molar-refractivity contribution in [1.29, 1.82) is 0 Å². The van der Waals surface area contributed by atoms with Crippen molar-refractivity contribution in [3.63, 3.8) is 0 Å². The summed E-state index contributed by atoms with van der Waals surface area (Å²) in [6, 6.07) is 6.51. The van der Waals surface area contributed by atoms with Crippen molar-refractivity contribution >= 4 is 5.69 Å². The maximum absolute atomic E-state index is 5.59. The van der Waals surface area contributed by atoms with Crippen LogP contribution in [0.5, 0.6) is 5.75 Å². The molecule has 0 aromatic heterocycles. The summed E-state index contributed by atoms with van der Waals surface area (Å²) in [6.07, 6.45) is 2.37. The molecule has 1 heterocycles. The summed E-state index contributed by atoms with van der Waals surface area (Å²) >= 11 is 0. The van der Waals surface area contributed by atoms with Gasteiger partial charge in [-0.05, 0) is 50.2 Å². The van der Waals surface area contributed by atoms with E-state index in [1.54, 1.807) is 0 Å². The second-order valence-electron chi connectivity index (χ2n) is 4.74. The van der Waals surface area contributed by atoms with Crippen molar-refractivity contribution < 1.29 is 4.74 Å². The van der Waals surface area contributed by atoms with Crippen LogP contribution in [0.2, 0.25) is 0 Å². The van der Waals surface area contributed by atoms with Crippen molar-refractivity contribution in [3.8, 4) is 5.75 Å². The van der Waals surface area contributed by atoms with Crippen LogP contribution in [0.15, 0.2) is 18.2 Å². The molecule has 0 amide bonds. The summed E-state index contributed by atoms with van der Waals surface area (Å²) in [5.74, 6) is 0.994. The SMILES string of the molecule is CCN(CC)CCCc1ccc2c(c1)NCCO2. The van der Waals surface area contributed by atoms with Crippen molar-refractivity contribution in [2.24, 2.45) is 0 Å². The molecule has 2 rings (SSSR count). The van der Waals surface area contributed by atoms with Gasteiger partial charge < -0.3 is 15.0 Å². The van der Waals surface area contributed by atoms with Crippen molar-refractivity contribution in [1.82, 2.24) is 4.90 Å². The van der Waals surface area contributed by atoms with E-state index in [9.17, 15) is 0 Å². The zero-order chi connectivity index (χ0) is 12.8. The largest absolute Gasteiger partial charge is 0.490 e. The Bertz CT molecular complexity index is 375. The predicted octanol–water partition coefficient (Wildman–Crippen LogP) is 2.77. The molecular formula is C15H24N2O. The molecule has 1 aromatic rings. The molecule has 18 heavy (non-hydrogen) atoms. The van der Waals surface area contributed by atoms with Crippen LogP contribution in [-0.4, -0.2) is 37.7 Å². The molecule has 1 N–H and O–H groups in total. The Hall–Kier alpha value is -1.22. The summed E-state index contributed by atoms with van der Waals surface area (Å²) in [5.41, 5.74) is 2.56. The van der Waals surface area contributed by atoms with Gasteiger partial charge in [-0.1, -0.05) is 19.9 Å². The Morgan fingerprint density at radius 3 is 2.89 bits per heavy atom. The van der Waals surface area contributed by atoms with Crippen LogP contribution in [0.25, 0.3) is 0 Å². The predicted molar refractivity (Wildman–Crippen MR) is 76.5 cm³/mol. The number of nitrogens with one attached hydrogen (secondary N) is 1. The number of benzene rings is 1. The van der Waals surface area contributed by atoms with Crippen LogP contribution >= 0.6 is 0 Å². The smallest absolute Gasteiger partial charge is 0.142 e. The first-order valence-electron chi connectivity index (χ1n) is 7.05. The number of ether oxygens (including phenoxy) is 1. The summed E-state index contributed by atoms with van der Waals surface area (Å²) in [6.45, 7) is 9.62. The Labute approximate surface area is 110 Å². The molecular weight excluding hydrogens is 224 g/mol. The fourth-order valence-electron chi connectivity index (χ4n) is 2.39. The maximum Gasteiger partial charge on any atom is 0.142 e. The van der Waals surface area contributed by atoms with Crippen LogP contribution in [0.3, 0.4) is 0 Å². The molecule has 0 fully saturated rings. The number of hydrogen-bond donors (Lipinski definition) is 1. The molecule has 0 saturated carbocycles. The highest BCUT2D eigenvalue weighted by molar-refractivity contribution is 5.59. The Morgan fingerprint density at radius 1 is 1.28 bits per heavy atom. The van der Waals surface area contributed by atoms with Crippen molar-refractivity contribution in [3.05, 3.63) is 23.8 Å². The minimum atomic E-state index is 0.772. The Morgan fingerprint density at radius 2 is 2.11 bits per heavy atom. The van der Waals surface area contributed by atoms with Gasteiger partial charge in [0.15, 0.2) is 0 Å². The number of aryl methyl sites for hydroxylation is 1. The Balaban J connectivity index is 1.86. The molecule has 100 valence electrons. The fourth-order valence-corrected chi connectivity index (χ4v) is 2.39. The first kappa shape index (κ1) is 13.2. The molecule has 1 aliphatic rings. The molecule has 0 bridgehead atoms. The summed E-state index contributed by atoms with van der Waals surface area (Å²) in [4.78, 5) is 2.47. The lowest BCUT2D eigenvalue weighted by Gasteiger charge is -2.20. The number of fused-ring (bicyclic) bond motifs is 1. The van der Waals surface area contributed by atoms with Gasteiger partial charge in [-0.15, -0.1) is 0 Å². The van der Waals surface area contributed by atoms with Gasteiger partial charge >= 0.3 is 0 Å².